The van der Waals surface area contributed by atoms with Crippen LogP contribution >= 0.6 is 11.6 Å². The summed E-state index contributed by atoms with van der Waals surface area (Å²) in [5.41, 5.74) is 13.0. The van der Waals surface area contributed by atoms with Crippen molar-refractivity contribution < 1.29 is 0 Å². The fourth-order valence-electron chi connectivity index (χ4n) is 5.62. The van der Waals surface area contributed by atoms with E-state index in [9.17, 15) is 0 Å². The van der Waals surface area contributed by atoms with E-state index in [2.05, 4.69) is 115 Å². The summed E-state index contributed by atoms with van der Waals surface area (Å²) in [6.07, 6.45) is 0. The number of aromatic nitrogens is 2. The molecule has 5 aromatic carbocycles. The highest BCUT2D eigenvalue weighted by molar-refractivity contribution is 6.34. The van der Waals surface area contributed by atoms with Crippen molar-refractivity contribution in [2.45, 2.75) is 25.0 Å². The Bertz CT molecular complexity index is 1620. The zero-order valence-corrected chi connectivity index (χ0v) is 23.1. The number of nitrogen functional groups attached to an aromatic ring is 1. The number of nitrogens with two attached hydrogens (primary N) is 1. The Morgan fingerprint density at radius 3 is 1.73 bits per heavy atom. The monoisotopic (exact) mass is 542 g/mol. The van der Waals surface area contributed by atoms with Gasteiger partial charge in [-0.1, -0.05) is 133 Å². The lowest BCUT2D eigenvalue weighted by molar-refractivity contribution is 0.476. The van der Waals surface area contributed by atoms with Crippen molar-refractivity contribution >= 4 is 28.2 Å². The molecule has 5 heteroatoms. The summed E-state index contributed by atoms with van der Waals surface area (Å²) in [5, 5.41) is 9.94. The second-order valence-corrected chi connectivity index (χ2v) is 10.5. The molecule has 0 amide bonds. The SMILES string of the molecule is CC(NCc1cc2c(Cl)nn(C(c3ccccc3)(c3ccccc3)c3ccccc3)c2cc1N)c1ccccc1. The molecule has 0 saturated heterocycles. The van der Waals surface area contributed by atoms with Gasteiger partial charge < -0.3 is 11.1 Å². The van der Waals surface area contributed by atoms with Gasteiger partial charge in [-0.15, -0.1) is 0 Å². The van der Waals surface area contributed by atoms with Crippen LogP contribution in [0.4, 0.5) is 5.69 Å². The van der Waals surface area contributed by atoms with Crippen molar-refractivity contribution in [1.29, 1.82) is 0 Å². The molecule has 0 aliphatic heterocycles. The number of hydrogen-bond acceptors (Lipinski definition) is 3. The normalized spacial score (nSPS) is 12.4. The molecule has 0 aliphatic carbocycles. The van der Waals surface area contributed by atoms with Crippen LogP contribution in [0.3, 0.4) is 0 Å². The third-order valence-corrected chi connectivity index (χ3v) is 7.97. The average molecular weight is 543 g/mol. The average Bonchev–Trinajstić information content (AvgIpc) is 3.33. The molecule has 0 fully saturated rings. The van der Waals surface area contributed by atoms with Gasteiger partial charge >= 0.3 is 0 Å². The first-order valence-electron chi connectivity index (χ1n) is 13.5. The predicted octanol–water partition coefficient (Wildman–Crippen LogP) is 7.96. The molecule has 0 radical (unpaired) electrons. The lowest BCUT2D eigenvalue weighted by Gasteiger charge is -2.37. The second kappa shape index (κ2) is 11.0. The molecule has 6 rings (SSSR count). The minimum Gasteiger partial charge on any atom is -0.398 e. The zero-order valence-electron chi connectivity index (χ0n) is 22.3. The maximum atomic E-state index is 6.94. The fraction of sp³-hybridized carbons (Fsp3) is 0.114. The van der Waals surface area contributed by atoms with E-state index in [1.807, 2.05) is 35.0 Å². The quantitative estimate of drug-likeness (QED) is 0.151. The van der Waals surface area contributed by atoms with Gasteiger partial charge in [0.05, 0.1) is 5.52 Å². The topological polar surface area (TPSA) is 55.9 Å². The summed E-state index contributed by atoms with van der Waals surface area (Å²) >= 11 is 6.94. The van der Waals surface area contributed by atoms with Gasteiger partial charge in [0.25, 0.3) is 0 Å². The number of nitrogens with zero attached hydrogens (tertiary/aromatic N) is 2. The van der Waals surface area contributed by atoms with Gasteiger partial charge in [-0.2, -0.15) is 5.10 Å². The number of hydrogen-bond donors (Lipinski definition) is 2. The van der Waals surface area contributed by atoms with Crippen molar-refractivity contribution in [2.75, 3.05) is 5.73 Å². The number of nitrogens with one attached hydrogen (secondary N) is 1. The number of rotatable bonds is 8. The van der Waals surface area contributed by atoms with Crippen molar-refractivity contribution in [2.24, 2.45) is 0 Å². The summed E-state index contributed by atoms with van der Waals surface area (Å²) in [5.74, 6) is 0. The molecule has 1 unspecified atom stereocenters. The van der Waals surface area contributed by atoms with Crippen LogP contribution in [0.5, 0.6) is 0 Å². The smallest absolute Gasteiger partial charge is 0.158 e. The van der Waals surface area contributed by atoms with Gasteiger partial charge in [-0.05, 0) is 46.9 Å². The number of anilines is 1. The molecule has 40 heavy (non-hydrogen) atoms. The molecular formula is C35H31ClN4. The fourth-order valence-corrected chi connectivity index (χ4v) is 5.85. The minimum absolute atomic E-state index is 0.177. The van der Waals surface area contributed by atoms with Gasteiger partial charge in [-0.3, -0.25) is 0 Å². The van der Waals surface area contributed by atoms with Gasteiger partial charge in [-0.25, -0.2) is 4.68 Å². The second-order valence-electron chi connectivity index (χ2n) is 10.1. The van der Waals surface area contributed by atoms with Crippen LogP contribution in [-0.4, -0.2) is 9.78 Å². The molecular weight excluding hydrogens is 512 g/mol. The highest BCUT2D eigenvalue weighted by Gasteiger charge is 2.40. The summed E-state index contributed by atoms with van der Waals surface area (Å²) < 4.78 is 2.05. The lowest BCUT2D eigenvalue weighted by Crippen LogP contribution is -2.38. The minimum atomic E-state index is -0.775. The van der Waals surface area contributed by atoms with Gasteiger partial charge in [0.15, 0.2) is 5.15 Å². The zero-order chi connectivity index (χ0) is 27.5. The van der Waals surface area contributed by atoms with E-state index < -0.39 is 5.54 Å². The lowest BCUT2D eigenvalue weighted by atomic mass is 9.77. The van der Waals surface area contributed by atoms with Crippen LogP contribution in [0, 0.1) is 0 Å². The van der Waals surface area contributed by atoms with Crippen LogP contribution in [-0.2, 0) is 12.1 Å². The van der Waals surface area contributed by atoms with Crippen LogP contribution in [0.25, 0.3) is 10.9 Å². The van der Waals surface area contributed by atoms with E-state index in [1.54, 1.807) is 0 Å². The third kappa shape index (κ3) is 4.56. The Labute approximate surface area is 240 Å². The molecule has 0 saturated carbocycles. The molecule has 1 atom stereocenters. The Hall–Kier alpha value is -4.38. The highest BCUT2D eigenvalue weighted by Crippen LogP contribution is 2.43. The standard InChI is InChI=1S/C35H31ClN4/c1-25(26-14-6-2-7-15-26)38-24-27-22-31-33(23-32(27)37)40(39-34(31)36)35(28-16-8-3-9-17-28,29-18-10-4-11-19-29)30-20-12-5-13-21-30/h2-23,25,38H,24,37H2,1H3. The van der Waals surface area contributed by atoms with Gasteiger partial charge in [0.1, 0.15) is 5.54 Å². The van der Waals surface area contributed by atoms with E-state index >= 15 is 0 Å². The summed E-state index contributed by atoms with van der Waals surface area (Å²) in [7, 11) is 0. The Kier molecular flexibility index (Phi) is 7.12. The van der Waals surface area contributed by atoms with E-state index in [0.717, 1.165) is 33.2 Å². The number of fused-ring (bicyclic) bond motifs is 1. The highest BCUT2D eigenvalue weighted by atomic mass is 35.5. The van der Waals surface area contributed by atoms with Crippen molar-refractivity contribution in [3.8, 4) is 0 Å². The molecule has 1 heterocycles. The van der Waals surface area contributed by atoms with Crippen molar-refractivity contribution in [3.63, 3.8) is 0 Å². The Morgan fingerprint density at radius 1 is 0.750 bits per heavy atom. The van der Waals surface area contributed by atoms with Crippen LogP contribution in [0.2, 0.25) is 5.15 Å². The summed E-state index contributed by atoms with van der Waals surface area (Å²) in [6.45, 7) is 2.77. The molecule has 0 aliphatic rings. The van der Waals surface area contributed by atoms with Gasteiger partial charge in [0, 0.05) is 23.7 Å². The van der Waals surface area contributed by atoms with E-state index in [-0.39, 0.29) is 6.04 Å². The molecule has 0 spiro atoms. The van der Waals surface area contributed by atoms with Gasteiger partial charge in [0.2, 0.25) is 0 Å². The predicted molar refractivity (Wildman–Crippen MR) is 165 cm³/mol. The molecule has 6 aromatic rings. The first-order chi connectivity index (χ1) is 19.6. The van der Waals surface area contributed by atoms with Crippen molar-refractivity contribution in [1.82, 2.24) is 15.1 Å². The first kappa shape index (κ1) is 25.9. The largest absolute Gasteiger partial charge is 0.398 e. The van der Waals surface area contributed by atoms with E-state index in [1.165, 1.54) is 5.56 Å². The molecule has 1 aromatic heterocycles. The van der Waals surface area contributed by atoms with Crippen LogP contribution in [0.1, 0.15) is 40.8 Å². The molecule has 4 nitrogen and oxygen atoms in total. The summed E-state index contributed by atoms with van der Waals surface area (Å²) in [4.78, 5) is 0. The Morgan fingerprint density at radius 2 is 1.23 bits per heavy atom. The molecule has 198 valence electrons. The van der Waals surface area contributed by atoms with Crippen LogP contribution in [0.15, 0.2) is 133 Å². The summed E-state index contributed by atoms with van der Waals surface area (Å²) in [6, 6.07) is 46.0. The number of benzene rings is 5. The first-order valence-corrected chi connectivity index (χ1v) is 13.9. The molecule has 0 bridgehead atoms. The maximum Gasteiger partial charge on any atom is 0.158 e. The third-order valence-electron chi connectivity index (χ3n) is 7.69. The van der Waals surface area contributed by atoms with Crippen LogP contribution < -0.4 is 11.1 Å². The van der Waals surface area contributed by atoms with E-state index in [0.29, 0.717) is 17.4 Å². The maximum absolute atomic E-state index is 6.94. The number of halogens is 1. The molecule has 3 N–H and O–H groups in total. The van der Waals surface area contributed by atoms with Crippen molar-refractivity contribution in [3.05, 3.63) is 166 Å². The van der Waals surface area contributed by atoms with E-state index in [4.69, 9.17) is 22.4 Å². The Balaban J connectivity index is 1.53.